The van der Waals surface area contributed by atoms with Crippen LogP contribution in [0.1, 0.15) is 35.7 Å². The minimum absolute atomic E-state index is 0.0701. The number of ether oxygens (including phenoxy) is 3. The summed E-state index contributed by atoms with van der Waals surface area (Å²) < 4.78 is 15.8. The van der Waals surface area contributed by atoms with E-state index in [0.29, 0.717) is 30.2 Å². The molecular formula is C21H25NO5. The molecule has 2 aromatic rings. The smallest absolute Gasteiger partial charge is 0.220 e. The first kappa shape index (κ1) is 20.3. The second-order valence-electron chi connectivity index (χ2n) is 5.85. The molecule has 6 heteroatoms. The molecule has 0 heterocycles. The number of ketones is 1. The fourth-order valence-corrected chi connectivity index (χ4v) is 2.55. The number of carbonyl (C=O) groups is 2. The monoisotopic (exact) mass is 371 g/mol. The van der Waals surface area contributed by atoms with Crippen molar-refractivity contribution in [2.45, 2.75) is 26.3 Å². The molecule has 0 aliphatic carbocycles. The van der Waals surface area contributed by atoms with Gasteiger partial charge in [-0.05, 0) is 48.9 Å². The Balaban J connectivity index is 1.81. The second-order valence-corrected chi connectivity index (χ2v) is 5.85. The quantitative estimate of drug-likeness (QED) is 0.648. The Morgan fingerprint density at radius 2 is 1.63 bits per heavy atom. The molecule has 1 amide bonds. The zero-order chi connectivity index (χ0) is 19.6. The van der Waals surface area contributed by atoms with Crippen molar-refractivity contribution in [1.82, 2.24) is 5.32 Å². The van der Waals surface area contributed by atoms with Crippen LogP contribution in [0.4, 0.5) is 0 Å². The molecule has 0 fully saturated rings. The number of Topliss-reactive ketones (excluding diaryl/α,β-unsaturated/α-hetero) is 1. The molecule has 0 aromatic heterocycles. The topological polar surface area (TPSA) is 73.9 Å². The minimum atomic E-state index is -0.177. The normalized spacial score (nSPS) is 10.2. The van der Waals surface area contributed by atoms with Crippen molar-refractivity contribution < 1.29 is 23.8 Å². The lowest BCUT2D eigenvalue weighted by Gasteiger charge is -2.10. The Bertz CT molecular complexity index is 771. The molecule has 27 heavy (non-hydrogen) atoms. The van der Waals surface area contributed by atoms with Crippen molar-refractivity contribution >= 4 is 11.7 Å². The van der Waals surface area contributed by atoms with Gasteiger partial charge < -0.3 is 19.5 Å². The zero-order valence-corrected chi connectivity index (χ0v) is 15.9. The summed E-state index contributed by atoms with van der Waals surface area (Å²) in [6.45, 7) is 2.84. The Morgan fingerprint density at radius 3 is 2.26 bits per heavy atom. The molecule has 0 unspecified atom stereocenters. The summed E-state index contributed by atoms with van der Waals surface area (Å²) in [5, 5.41) is 2.81. The highest BCUT2D eigenvalue weighted by atomic mass is 16.5. The second kappa shape index (κ2) is 10.2. The first-order valence-electron chi connectivity index (χ1n) is 8.81. The Morgan fingerprint density at radius 1 is 0.926 bits per heavy atom. The van der Waals surface area contributed by atoms with E-state index in [2.05, 4.69) is 5.32 Å². The van der Waals surface area contributed by atoms with Gasteiger partial charge in [0.25, 0.3) is 0 Å². The number of hydrogen-bond donors (Lipinski definition) is 1. The van der Waals surface area contributed by atoms with E-state index < -0.39 is 0 Å². The van der Waals surface area contributed by atoms with Crippen LogP contribution in [0.5, 0.6) is 17.2 Å². The standard InChI is InChI=1S/C21H25NO5/c1-4-27-17-8-6-16(7-9-17)18(23)10-12-21(24)22-14-15-5-11-19(25-2)20(13-15)26-3/h5-9,11,13H,4,10,12,14H2,1-3H3,(H,22,24). The maximum atomic E-state index is 12.2. The van der Waals surface area contributed by atoms with E-state index in [1.807, 2.05) is 19.1 Å². The Hall–Kier alpha value is -3.02. The molecule has 0 radical (unpaired) electrons. The van der Waals surface area contributed by atoms with E-state index in [1.165, 1.54) is 0 Å². The third-order valence-electron chi connectivity index (χ3n) is 4.00. The van der Waals surface area contributed by atoms with Gasteiger partial charge in [0.05, 0.1) is 20.8 Å². The number of amides is 1. The highest BCUT2D eigenvalue weighted by Crippen LogP contribution is 2.27. The third-order valence-corrected chi connectivity index (χ3v) is 4.00. The van der Waals surface area contributed by atoms with E-state index in [-0.39, 0.29) is 24.5 Å². The molecule has 0 saturated carbocycles. The van der Waals surface area contributed by atoms with Gasteiger partial charge in [-0.3, -0.25) is 9.59 Å². The van der Waals surface area contributed by atoms with Crippen LogP contribution in [0.2, 0.25) is 0 Å². The van der Waals surface area contributed by atoms with Crippen molar-refractivity contribution in [1.29, 1.82) is 0 Å². The lowest BCUT2D eigenvalue weighted by molar-refractivity contribution is -0.121. The summed E-state index contributed by atoms with van der Waals surface area (Å²) in [7, 11) is 3.13. The number of carbonyl (C=O) groups excluding carboxylic acids is 2. The van der Waals surface area contributed by atoms with E-state index in [4.69, 9.17) is 14.2 Å². The van der Waals surface area contributed by atoms with Gasteiger partial charge in [0.15, 0.2) is 17.3 Å². The molecule has 6 nitrogen and oxygen atoms in total. The summed E-state index contributed by atoms with van der Waals surface area (Å²) >= 11 is 0. The molecule has 0 spiro atoms. The zero-order valence-electron chi connectivity index (χ0n) is 15.9. The van der Waals surface area contributed by atoms with E-state index in [9.17, 15) is 9.59 Å². The maximum Gasteiger partial charge on any atom is 0.220 e. The fourth-order valence-electron chi connectivity index (χ4n) is 2.55. The van der Waals surface area contributed by atoms with E-state index in [1.54, 1.807) is 44.6 Å². The van der Waals surface area contributed by atoms with Crippen molar-refractivity contribution in [3.05, 3.63) is 53.6 Å². The SMILES string of the molecule is CCOc1ccc(C(=O)CCC(=O)NCc2ccc(OC)c(OC)c2)cc1. The summed E-state index contributed by atoms with van der Waals surface area (Å²) in [5.74, 6) is 1.72. The van der Waals surface area contributed by atoms with Crippen LogP contribution in [0.3, 0.4) is 0 Å². The Kier molecular flexibility index (Phi) is 7.67. The molecule has 0 atom stereocenters. The highest BCUT2D eigenvalue weighted by Gasteiger charge is 2.10. The number of rotatable bonds is 10. The van der Waals surface area contributed by atoms with Gasteiger partial charge in [0, 0.05) is 24.9 Å². The van der Waals surface area contributed by atoms with Crippen LogP contribution < -0.4 is 19.5 Å². The van der Waals surface area contributed by atoms with Crippen LogP contribution >= 0.6 is 0 Å². The molecule has 2 rings (SSSR count). The molecule has 2 aromatic carbocycles. The van der Waals surface area contributed by atoms with Crippen LogP contribution in [-0.2, 0) is 11.3 Å². The third kappa shape index (κ3) is 6.02. The average molecular weight is 371 g/mol. The Labute approximate surface area is 159 Å². The molecular weight excluding hydrogens is 346 g/mol. The predicted octanol–water partition coefficient (Wildman–Crippen LogP) is 3.38. The number of methoxy groups -OCH3 is 2. The largest absolute Gasteiger partial charge is 0.494 e. The maximum absolute atomic E-state index is 12.2. The average Bonchev–Trinajstić information content (AvgIpc) is 2.71. The van der Waals surface area contributed by atoms with Gasteiger partial charge in [0.1, 0.15) is 5.75 Å². The first-order valence-corrected chi connectivity index (χ1v) is 8.81. The van der Waals surface area contributed by atoms with Gasteiger partial charge in [-0.1, -0.05) is 6.07 Å². The summed E-state index contributed by atoms with van der Waals surface area (Å²) in [5.41, 5.74) is 1.46. The first-order chi connectivity index (χ1) is 13.1. The van der Waals surface area contributed by atoms with Gasteiger partial charge in [-0.2, -0.15) is 0 Å². The van der Waals surface area contributed by atoms with Gasteiger partial charge in [0.2, 0.25) is 5.91 Å². The van der Waals surface area contributed by atoms with Gasteiger partial charge >= 0.3 is 0 Å². The summed E-state index contributed by atoms with van der Waals surface area (Å²) in [6, 6.07) is 12.4. The molecule has 0 bridgehead atoms. The van der Waals surface area contributed by atoms with Crippen molar-refractivity contribution in [3.8, 4) is 17.2 Å². The van der Waals surface area contributed by atoms with E-state index >= 15 is 0 Å². The molecule has 1 N–H and O–H groups in total. The number of hydrogen-bond acceptors (Lipinski definition) is 5. The van der Waals surface area contributed by atoms with Crippen LogP contribution in [-0.4, -0.2) is 32.5 Å². The number of nitrogens with one attached hydrogen (secondary N) is 1. The highest BCUT2D eigenvalue weighted by molar-refractivity contribution is 5.98. The van der Waals surface area contributed by atoms with Crippen LogP contribution in [0.25, 0.3) is 0 Å². The molecule has 144 valence electrons. The minimum Gasteiger partial charge on any atom is -0.494 e. The van der Waals surface area contributed by atoms with E-state index in [0.717, 1.165) is 11.3 Å². The molecule has 0 aliphatic heterocycles. The van der Waals surface area contributed by atoms with Crippen molar-refractivity contribution in [2.24, 2.45) is 0 Å². The lowest BCUT2D eigenvalue weighted by Crippen LogP contribution is -2.23. The predicted molar refractivity (Wildman–Crippen MR) is 103 cm³/mol. The molecule has 0 aliphatic rings. The summed E-state index contributed by atoms with van der Waals surface area (Å²) in [6.07, 6.45) is 0.297. The summed E-state index contributed by atoms with van der Waals surface area (Å²) in [4.78, 5) is 24.2. The number of benzene rings is 2. The van der Waals surface area contributed by atoms with Crippen LogP contribution in [0.15, 0.2) is 42.5 Å². The van der Waals surface area contributed by atoms with Gasteiger partial charge in [-0.25, -0.2) is 0 Å². The van der Waals surface area contributed by atoms with Crippen LogP contribution in [0, 0.1) is 0 Å². The van der Waals surface area contributed by atoms with Crippen molar-refractivity contribution in [3.63, 3.8) is 0 Å². The lowest BCUT2D eigenvalue weighted by atomic mass is 10.1. The molecule has 0 saturated heterocycles. The fraction of sp³-hybridized carbons (Fsp3) is 0.333. The van der Waals surface area contributed by atoms with Gasteiger partial charge in [-0.15, -0.1) is 0 Å². The van der Waals surface area contributed by atoms with Crippen molar-refractivity contribution in [2.75, 3.05) is 20.8 Å².